The molecule has 0 bridgehead atoms. The first-order valence-electron chi connectivity index (χ1n) is 5.46. The molecule has 1 atom stereocenters. The molecule has 1 aliphatic rings. The Balaban J connectivity index is 2.28. The predicted octanol–water partition coefficient (Wildman–Crippen LogP) is 3.39. The van der Waals surface area contributed by atoms with Crippen molar-refractivity contribution >= 4 is 22.6 Å². The summed E-state index contributed by atoms with van der Waals surface area (Å²) >= 11 is 2.50. The average molecular weight is 308 g/mol. The van der Waals surface area contributed by atoms with Crippen molar-refractivity contribution in [2.75, 3.05) is 13.6 Å². The molecule has 0 aliphatic carbocycles. The molecular formula is C11H21IN2. The summed E-state index contributed by atoms with van der Waals surface area (Å²) in [7, 11) is 2.13. The molecule has 1 unspecified atom stereocenters. The van der Waals surface area contributed by atoms with Crippen LogP contribution >= 0.6 is 22.6 Å². The number of unbranched alkanes of at least 4 members (excludes halogenated alkanes) is 3. The molecule has 1 rings (SSSR count). The van der Waals surface area contributed by atoms with Crippen LogP contribution in [-0.4, -0.2) is 27.1 Å². The van der Waals surface area contributed by atoms with Gasteiger partial charge in [-0.25, -0.2) is 0 Å². The second kappa shape index (κ2) is 5.24. The maximum absolute atomic E-state index is 2.50. The summed E-state index contributed by atoms with van der Waals surface area (Å²) in [5.74, 6) is 0. The maximum atomic E-state index is 2.50. The monoisotopic (exact) mass is 308 g/mol. The third kappa shape index (κ3) is 2.78. The highest BCUT2D eigenvalue weighted by Gasteiger charge is 2.33. The van der Waals surface area contributed by atoms with Gasteiger partial charge in [0.2, 0.25) is 0 Å². The molecule has 0 aromatic heterocycles. The minimum atomic E-state index is 0.143. The van der Waals surface area contributed by atoms with Crippen LogP contribution in [0, 0.1) is 0 Å². The van der Waals surface area contributed by atoms with Crippen molar-refractivity contribution in [3.8, 4) is 0 Å². The fourth-order valence-electron chi connectivity index (χ4n) is 1.64. The molecule has 1 aliphatic heterocycles. The quantitative estimate of drug-likeness (QED) is 0.332. The van der Waals surface area contributed by atoms with Crippen LogP contribution in [0.2, 0.25) is 0 Å². The molecule has 0 saturated carbocycles. The Kier molecular flexibility index (Phi) is 4.54. The Morgan fingerprint density at radius 3 is 2.43 bits per heavy atom. The zero-order valence-corrected chi connectivity index (χ0v) is 11.6. The van der Waals surface area contributed by atoms with Crippen molar-refractivity contribution in [1.82, 2.24) is 9.80 Å². The molecular weight excluding hydrogens is 287 g/mol. The summed E-state index contributed by atoms with van der Waals surface area (Å²) < 4.78 is 0.143. The van der Waals surface area contributed by atoms with Gasteiger partial charge in [0, 0.05) is 26.0 Å². The molecule has 0 spiro atoms. The molecule has 3 heteroatoms. The minimum absolute atomic E-state index is 0.143. The van der Waals surface area contributed by atoms with Gasteiger partial charge in [0.1, 0.15) is 0 Å². The topological polar surface area (TPSA) is 6.48 Å². The highest BCUT2D eigenvalue weighted by molar-refractivity contribution is 14.1. The zero-order valence-electron chi connectivity index (χ0n) is 9.46. The van der Waals surface area contributed by atoms with E-state index in [2.05, 4.69) is 65.7 Å². The lowest BCUT2D eigenvalue weighted by molar-refractivity contribution is 0.175. The third-order valence-corrected chi connectivity index (χ3v) is 4.27. The summed E-state index contributed by atoms with van der Waals surface area (Å²) in [6, 6.07) is 0. The van der Waals surface area contributed by atoms with E-state index in [0.29, 0.717) is 0 Å². The molecule has 2 nitrogen and oxygen atoms in total. The molecule has 0 aromatic carbocycles. The SMILES string of the molecule is CCCCCCN1C=CN(C)C1(C)I. The fourth-order valence-corrected chi connectivity index (χ4v) is 2.21. The van der Waals surface area contributed by atoms with Gasteiger partial charge in [-0.3, -0.25) is 0 Å². The van der Waals surface area contributed by atoms with Crippen LogP contribution in [0.1, 0.15) is 39.5 Å². The van der Waals surface area contributed by atoms with Crippen LogP contribution < -0.4 is 0 Å². The highest BCUT2D eigenvalue weighted by atomic mass is 127. The van der Waals surface area contributed by atoms with Crippen LogP contribution in [0.15, 0.2) is 12.4 Å². The van der Waals surface area contributed by atoms with Crippen LogP contribution in [0.4, 0.5) is 0 Å². The lowest BCUT2D eigenvalue weighted by Crippen LogP contribution is -2.43. The number of rotatable bonds is 5. The van der Waals surface area contributed by atoms with E-state index >= 15 is 0 Å². The summed E-state index contributed by atoms with van der Waals surface area (Å²) in [6.45, 7) is 5.69. The molecule has 0 aromatic rings. The molecule has 0 N–H and O–H groups in total. The van der Waals surface area contributed by atoms with Gasteiger partial charge in [0.05, 0.1) is 0 Å². The number of nitrogens with zero attached hydrogens (tertiary/aromatic N) is 2. The molecule has 0 radical (unpaired) electrons. The van der Waals surface area contributed by atoms with Gasteiger partial charge in [-0.2, -0.15) is 0 Å². The lowest BCUT2D eigenvalue weighted by Gasteiger charge is -2.36. The Morgan fingerprint density at radius 1 is 1.21 bits per heavy atom. The van der Waals surface area contributed by atoms with Crippen molar-refractivity contribution < 1.29 is 0 Å². The lowest BCUT2D eigenvalue weighted by atomic mass is 10.2. The van der Waals surface area contributed by atoms with Gasteiger partial charge >= 0.3 is 0 Å². The van der Waals surface area contributed by atoms with Gasteiger partial charge in [-0.15, -0.1) is 0 Å². The molecule has 0 amide bonds. The van der Waals surface area contributed by atoms with Crippen LogP contribution in [0.25, 0.3) is 0 Å². The summed E-state index contributed by atoms with van der Waals surface area (Å²) in [5, 5.41) is 0. The number of hydrogen-bond acceptors (Lipinski definition) is 2. The predicted molar refractivity (Wildman–Crippen MR) is 70.2 cm³/mol. The molecule has 14 heavy (non-hydrogen) atoms. The van der Waals surface area contributed by atoms with Gasteiger partial charge in [-0.1, -0.05) is 26.2 Å². The van der Waals surface area contributed by atoms with E-state index < -0.39 is 0 Å². The first-order valence-corrected chi connectivity index (χ1v) is 6.54. The van der Waals surface area contributed by atoms with Gasteiger partial charge < -0.3 is 9.80 Å². The Morgan fingerprint density at radius 2 is 1.93 bits per heavy atom. The van der Waals surface area contributed by atoms with E-state index in [9.17, 15) is 0 Å². The molecule has 0 fully saturated rings. The molecule has 1 heterocycles. The molecule has 0 saturated heterocycles. The zero-order chi connectivity index (χ0) is 10.6. The minimum Gasteiger partial charge on any atom is -0.349 e. The van der Waals surface area contributed by atoms with Crippen LogP contribution in [0.5, 0.6) is 0 Å². The van der Waals surface area contributed by atoms with Crippen molar-refractivity contribution in [1.29, 1.82) is 0 Å². The Hall–Kier alpha value is 0.0700. The van der Waals surface area contributed by atoms with Crippen molar-refractivity contribution in [2.24, 2.45) is 0 Å². The van der Waals surface area contributed by atoms with Gasteiger partial charge in [0.15, 0.2) is 3.67 Å². The molecule has 82 valence electrons. The fraction of sp³-hybridized carbons (Fsp3) is 0.818. The van der Waals surface area contributed by atoms with E-state index in [0.717, 1.165) is 0 Å². The van der Waals surface area contributed by atoms with E-state index in [-0.39, 0.29) is 3.67 Å². The van der Waals surface area contributed by atoms with Crippen molar-refractivity contribution in [3.05, 3.63) is 12.4 Å². The summed E-state index contributed by atoms with van der Waals surface area (Å²) in [4.78, 5) is 4.68. The second-order valence-corrected chi connectivity index (χ2v) is 6.11. The van der Waals surface area contributed by atoms with Crippen LogP contribution in [-0.2, 0) is 0 Å². The normalized spacial score (nSPS) is 26.3. The summed E-state index contributed by atoms with van der Waals surface area (Å²) in [5.41, 5.74) is 0. The third-order valence-electron chi connectivity index (χ3n) is 2.89. The Bertz CT molecular complexity index is 201. The number of halogens is 1. The van der Waals surface area contributed by atoms with Crippen LogP contribution in [0.3, 0.4) is 0 Å². The van der Waals surface area contributed by atoms with Gasteiger partial charge in [0.25, 0.3) is 0 Å². The number of hydrogen-bond donors (Lipinski definition) is 0. The van der Waals surface area contributed by atoms with E-state index in [4.69, 9.17) is 0 Å². The van der Waals surface area contributed by atoms with Crippen molar-refractivity contribution in [3.63, 3.8) is 0 Å². The second-order valence-electron chi connectivity index (χ2n) is 4.07. The van der Waals surface area contributed by atoms with E-state index in [1.54, 1.807) is 0 Å². The highest BCUT2D eigenvalue weighted by Crippen LogP contribution is 2.32. The first kappa shape index (κ1) is 12.1. The van der Waals surface area contributed by atoms with Gasteiger partial charge in [-0.05, 0) is 35.9 Å². The standard InChI is InChI=1S/C11H21IN2/c1-4-5-6-7-8-14-10-9-13(3)11(14,2)12/h9-10H,4-8H2,1-3H3. The average Bonchev–Trinajstić information content (AvgIpc) is 2.38. The van der Waals surface area contributed by atoms with E-state index in [1.807, 2.05) is 0 Å². The number of alkyl halides is 1. The summed E-state index contributed by atoms with van der Waals surface area (Å²) in [6.07, 6.45) is 9.72. The van der Waals surface area contributed by atoms with Crippen molar-refractivity contribution in [2.45, 2.75) is 43.2 Å². The largest absolute Gasteiger partial charge is 0.349 e. The first-order chi connectivity index (χ1) is 6.59. The maximum Gasteiger partial charge on any atom is 0.162 e. The Labute approximate surface area is 101 Å². The smallest absolute Gasteiger partial charge is 0.162 e. The van der Waals surface area contributed by atoms with E-state index in [1.165, 1.54) is 32.2 Å².